The molecule has 0 radical (unpaired) electrons. The van der Waals surface area contributed by atoms with Crippen molar-refractivity contribution in [2.24, 2.45) is 0 Å². The van der Waals surface area contributed by atoms with Crippen LogP contribution in [0, 0.1) is 0 Å². The molecule has 0 fully saturated rings. The standard InChI is InChI=1S/C12H13NOS/c1-8(2)11(14-3)12-13-9-6-4-5-7-10(9)15-12/h4-7H,1-3H3. The van der Waals surface area contributed by atoms with E-state index >= 15 is 0 Å². The smallest absolute Gasteiger partial charge is 0.159 e. The molecule has 0 spiro atoms. The fourth-order valence-corrected chi connectivity index (χ4v) is 2.57. The molecule has 0 N–H and O–H groups in total. The number of hydrogen-bond donors (Lipinski definition) is 0. The fourth-order valence-electron chi connectivity index (χ4n) is 1.47. The molecule has 2 nitrogen and oxygen atoms in total. The van der Waals surface area contributed by atoms with E-state index in [0.717, 1.165) is 21.9 Å². The van der Waals surface area contributed by atoms with E-state index in [1.807, 2.05) is 32.0 Å². The molecule has 2 rings (SSSR count). The highest BCUT2D eigenvalue weighted by Crippen LogP contribution is 2.28. The number of methoxy groups -OCH3 is 1. The van der Waals surface area contributed by atoms with E-state index in [-0.39, 0.29) is 0 Å². The summed E-state index contributed by atoms with van der Waals surface area (Å²) in [5.41, 5.74) is 2.19. The number of nitrogens with zero attached hydrogens (tertiary/aromatic N) is 1. The van der Waals surface area contributed by atoms with E-state index in [0.29, 0.717) is 0 Å². The van der Waals surface area contributed by atoms with Gasteiger partial charge in [0.15, 0.2) is 10.8 Å². The van der Waals surface area contributed by atoms with Crippen LogP contribution in [0.25, 0.3) is 16.0 Å². The second-order valence-electron chi connectivity index (χ2n) is 3.52. The minimum Gasteiger partial charge on any atom is -0.494 e. The predicted octanol–water partition coefficient (Wildman–Crippen LogP) is 3.69. The lowest BCUT2D eigenvalue weighted by Gasteiger charge is -2.03. The first-order valence-electron chi connectivity index (χ1n) is 4.80. The molecule has 78 valence electrons. The van der Waals surface area contributed by atoms with Crippen LogP contribution in [0.1, 0.15) is 18.9 Å². The van der Waals surface area contributed by atoms with Gasteiger partial charge in [-0.2, -0.15) is 0 Å². The average Bonchev–Trinajstić information content (AvgIpc) is 2.61. The van der Waals surface area contributed by atoms with Crippen LogP contribution in [0.2, 0.25) is 0 Å². The lowest BCUT2D eigenvalue weighted by atomic mass is 10.3. The van der Waals surface area contributed by atoms with Gasteiger partial charge in [0.25, 0.3) is 0 Å². The summed E-state index contributed by atoms with van der Waals surface area (Å²) in [5, 5.41) is 0.957. The van der Waals surface area contributed by atoms with Crippen molar-refractivity contribution in [3.05, 3.63) is 34.8 Å². The Morgan fingerprint density at radius 1 is 1.27 bits per heavy atom. The van der Waals surface area contributed by atoms with Gasteiger partial charge in [0.1, 0.15) is 0 Å². The van der Waals surface area contributed by atoms with Crippen molar-refractivity contribution in [1.29, 1.82) is 0 Å². The Kier molecular flexibility index (Phi) is 2.73. The first-order chi connectivity index (χ1) is 7.22. The molecule has 0 bridgehead atoms. The molecule has 3 heteroatoms. The van der Waals surface area contributed by atoms with E-state index in [9.17, 15) is 0 Å². The van der Waals surface area contributed by atoms with Crippen molar-refractivity contribution in [3.63, 3.8) is 0 Å². The monoisotopic (exact) mass is 219 g/mol. The Bertz CT molecular complexity index is 476. The molecular weight excluding hydrogens is 206 g/mol. The van der Waals surface area contributed by atoms with Gasteiger partial charge in [0.05, 0.1) is 17.3 Å². The summed E-state index contributed by atoms with van der Waals surface area (Å²) in [7, 11) is 1.69. The van der Waals surface area contributed by atoms with Gasteiger partial charge in [-0.1, -0.05) is 12.1 Å². The SMILES string of the molecule is COC(=C(C)C)c1nc2ccccc2s1. The van der Waals surface area contributed by atoms with E-state index in [2.05, 4.69) is 11.1 Å². The first kappa shape index (κ1) is 10.2. The average molecular weight is 219 g/mol. The Morgan fingerprint density at radius 3 is 2.60 bits per heavy atom. The third-order valence-corrected chi connectivity index (χ3v) is 3.18. The quantitative estimate of drug-likeness (QED) is 0.718. The number of para-hydroxylation sites is 1. The summed E-state index contributed by atoms with van der Waals surface area (Å²) in [5.74, 6) is 0.885. The van der Waals surface area contributed by atoms with Gasteiger partial charge >= 0.3 is 0 Å². The number of allylic oxidation sites excluding steroid dienone is 1. The molecule has 0 aliphatic rings. The maximum absolute atomic E-state index is 5.35. The largest absolute Gasteiger partial charge is 0.494 e. The molecule has 1 aromatic carbocycles. The third-order valence-electron chi connectivity index (χ3n) is 2.15. The number of aromatic nitrogens is 1. The van der Waals surface area contributed by atoms with Crippen LogP contribution in [0.15, 0.2) is 29.8 Å². The molecule has 1 aromatic heterocycles. The zero-order valence-electron chi connectivity index (χ0n) is 9.07. The minimum atomic E-state index is 0.885. The molecule has 0 aliphatic heterocycles. The summed E-state index contributed by atoms with van der Waals surface area (Å²) < 4.78 is 6.55. The van der Waals surface area contributed by atoms with Crippen LogP contribution in [0.4, 0.5) is 0 Å². The van der Waals surface area contributed by atoms with E-state index < -0.39 is 0 Å². The van der Waals surface area contributed by atoms with Gasteiger partial charge in [0, 0.05) is 0 Å². The summed E-state index contributed by atoms with van der Waals surface area (Å²) in [6.45, 7) is 4.07. The Morgan fingerprint density at radius 2 is 2.00 bits per heavy atom. The second kappa shape index (κ2) is 4.03. The lowest BCUT2D eigenvalue weighted by Crippen LogP contribution is -1.88. The molecule has 2 aromatic rings. The van der Waals surface area contributed by atoms with Crippen LogP contribution in [-0.4, -0.2) is 12.1 Å². The molecule has 1 heterocycles. The highest BCUT2D eigenvalue weighted by atomic mass is 32.1. The van der Waals surface area contributed by atoms with Crippen molar-refractivity contribution in [3.8, 4) is 0 Å². The summed E-state index contributed by atoms with van der Waals surface area (Å²) in [4.78, 5) is 4.54. The zero-order chi connectivity index (χ0) is 10.8. The summed E-state index contributed by atoms with van der Waals surface area (Å²) in [6, 6.07) is 8.13. The number of hydrogen-bond acceptors (Lipinski definition) is 3. The second-order valence-corrected chi connectivity index (χ2v) is 4.55. The van der Waals surface area contributed by atoms with E-state index in [1.165, 1.54) is 4.70 Å². The van der Waals surface area contributed by atoms with Gasteiger partial charge in [-0.25, -0.2) is 4.98 Å². The number of rotatable bonds is 2. The molecule has 0 unspecified atom stereocenters. The summed E-state index contributed by atoms with van der Waals surface area (Å²) >= 11 is 1.66. The minimum absolute atomic E-state index is 0.885. The third kappa shape index (κ3) is 1.88. The molecule has 15 heavy (non-hydrogen) atoms. The van der Waals surface area contributed by atoms with Crippen molar-refractivity contribution < 1.29 is 4.74 Å². The number of fused-ring (bicyclic) bond motifs is 1. The molecule has 0 amide bonds. The van der Waals surface area contributed by atoms with Crippen LogP contribution in [-0.2, 0) is 4.74 Å². The van der Waals surface area contributed by atoms with Crippen molar-refractivity contribution >= 4 is 27.3 Å². The molecule has 0 saturated heterocycles. The number of thiazole rings is 1. The maximum Gasteiger partial charge on any atom is 0.159 e. The molecule has 0 aliphatic carbocycles. The van der Waals surface area contributed by atoms with E-state index in [4.69, 9.17) is 4.74 Å². The molecule has 0 saturated carbocycles. The Labute approximate surface area is 93.2 Å². The van der Waals surface area contributed by atoms with Gasteiger partial charge < -0.3 is 4.74 Å². The van der Waals surface area contributed by atoms with Crippen LogP contribution in [0.3, 0.4) is 0 Å². The van der Waals surface area contributed by atoms with Crippen LogP contribution >= 0.6 is 11.3 Å². The summed E-state index contributed by atoms with van der Waals surface area (Å²) in [6.07, 6.45) is 0. The molecule has 0 atom stereocenters. The highest BCUT2D eigenvalue weighted by molar-refractivity contribution is 7.19. The van der Waals surface area contributed by atoms with Gasteiger partial charge in [-0.15, -0.1) is 11.3 Å². The van der Waals surface area contributed by atoms with Gasteiger partial charge in [-0.3, -0.25) is 0 Å². The van der Waals surface area contributed by atoms with E-state index in [1.54, 1.807) is 18.4 Å². The van der Waals surface area contributed by atoms with Crippen LogP contribution in [0.5, 0.6) is 0 Å². The fraction of sp³-hybridized carbons (Fsp3) is 0.250. The zero-order valence-corrected chi connectivity index (χ0v) is 9.89. The van der Waals surface area contributed by atoms with Gasteiger partial charge in [0.2, 0.25) is 0 Å². The highest BCUT2D eigenvalue weighted by Gasteiger charge is 2.09. The number of benzene rings is 1. The van der Waals surface area contributed by atoms with Crippen molar-refractivity contribution in [1.82, 2.24) is 4.98 Å². The maximum atomic E-state index is 5.35. The topological polar surface area (TPSA) is 22.1 Å². The predicted molar refractivity (Wildman–Crippen MR) is 64.9 cm³/mol. The first-order valence-corrected chi connectivity index (χ1v) is 5.61. The normalized spacial score (nSPS) is 10.3. The van der Waals surface area contributed by atoms with Gasteiger partial charge in [-0.05, 0) is 31.6 Å². The van der Waals surface area contributed by atoms with Crippen molar-refractivity contribution in [2.75, 3.05) is 7.11 Å². The van der Waals surface area contributed by atoms with Crippen molar-refractivity contribution in [2.45, 2.75) is 13.8 Å². The lowest BCUT2D eigenvalue weighted by molar-refractivity contribution is 0.366. The number of ether oxygens (including phenoxy) is 1. The Hall–Kier alpha value is -1.35. The Balaban J connectivity index is 2.58. The van der Waals surface area contributed by atoms with Crippen LogP contribution < -0.4 is 0 Å². The molecular formula is C12H13NOS.